The summed E-state index contributed by atoms with van der Waals surface area (Å²) in [6.45, 7) is 6.99. The Bertz CT molecular complexity index is 416. The Balaban J connectivity index is 1.93. The Kier molecular flexibility index (Phi) is 3.76. The van der Waals surface area contributed by atoms with Crippen molar-refractivity contribution in [3.05, 3.63) is 17.8 Å². The van der Waals surface area contributed by atoms with Gasteiger partial charge in [-0.3, -0.25) is 4.99 Å². The third kappa shape index (κ3) is 3.03. The molecule has 1 saturated heterocycles. The minimum absolute atomic E-state index is 0.189. The van der Waals surface area contributed by atoms with Crippen molar-refractivity contribution in [3.8, 4) is 0 Å². The molecule has 0 aliphatic carbocycles. The van der Waals surface area contributed by atoms with E-state index in [1.54, 1.807) is 18.0 Å². The predicted octanol–water partition coefficient (Wildman–Crippen LogP) is 2.60. The first-order chi connectivity index (χ1) is 8.15. The van der Waals surface area contributed by atoms with Crippen LogP contribution in [0.2, 0.25) is 0 Å². The summed E-state index contributed by atoms with van der Waals surface area (Å²) >= 11 is 1.78. The fourth-order valence-corrected chi connectivity index (χ4v) is 2.76. The van der Waals surface area contributed by atoms with Crippen LogP contribution in [-0.4, -0.2) is 21.4 Å². The highest BCUT2D eigenvalue weighted by Gasteiger charge is 2.30. The van der Waals surface area contributed by atoms with Gasteiger partial charge in [0.1, 0.15) is 12.3 Å². The molecule has 1 fully saturated rings. The van der Waals surface area contributed by atoms with Crippen LogP contribution in [-0.2, 0) is 13.0 Å². The predicted molar refractivity (Wildman–Crippen MR) is 71.3 cm³/mol. The summed E-state index contributed by atoms with van der Waals surface area (Å²) in [6.07, 6.45) is 3.77. The summed E-state index contributed by atoms with van der Waals surface area (Å²) < 4.78 is 5.52. The molecule has 0 bridgehead atoms. The lowest BCUT2D eigenvalue weighted by atomic mass is 10.0. The van der Waals surface area contributed by atoms with Gasteiger partial charge in [0.2, 0.25) is 5.89 Å². The van der Waals surface area contributed by atoms with Crippen LogP contribution in [0.3, 0.4) is 0 Å². The van der Waals surface area contributed by atoms with Crippen LogP contribution in [0.1, 0.15) is 38.8 Å². The van der Waals surface area contributed by atoms with Gasteiger partial charge in [-0.25, -0.2) is 4.98 Å². The van der Waals surface area contributed by atoms with Crippen molar-refractivity contribution in [3.63, 3.8) is 0 Å². The number of thioether (sulfide) groups is 1. The van der Waals surface area contributed by atoms with E-state index >= 15 is 0 Å². The van der Waals surface area contributed by atoms with Crippen LogP contribution >= 0.6 is 11.8 Å². The smallest absolute Gasteiger partial charge is 0.216 e. The lowest BCUT2D eigenvalue weighted by Gasteiger charge is -2.20. The first-order valence-electron chi connectivity index (χ1n) is 6.04. The molecule has 1 aromatic rings. The molecule has 0 spiro atoms. The van der Waals surface area contributed by atoms with Crippen molar-refractivity contribution in [2.24, 2.45) is 4.99 Å². The van der Waals surface area contributed by atoms with Gasteiger partial charge in [0.05, 0.1) is 6.20 Å². The number of hydrogen-bond acceptors (Lipinski definition) is 4. The molecule has 5 heteroatoms. The van der Waals surface area contributed by atoms with Gasteiger partial charge < -0.3 is 9.73 Å². The molecule has 1 aliphatic rings. The average molecular weight is 253 g/mol. The van der Waals surface area contributed by atoms with Crippen LogP contribution in [0.5, 0.6) is 0 Å². The molecule has 0 aromatic carbocycles. The number of amidine groups is 1. The van der Waals surface area contributed by atoms with Crippen molar-refractivity contribution in [1.82, 2.24) is 10.3 Å². The molecule has 94 valence electrons. The van der Waals surface area contributed by atoms with Gasteiger partial charge in [0.25, 0.3) is 0 Å². The molecule has 1 aliphatic heterocycles. The first-order valence-corrected chi connectivity index (χ1v) is 7.03. The van der Waals surface area contributed by atoms with Crippen molar-refractivity contribution in [2.75, 3.05) is 5.75 Å². The van der Waals surface area contributed by atoms with E-state index in [1.807, 2.05) is 0 Å². The molecule has 2 rings (SSSR count). The number of aryl methyl sites for hydroxylation is 1. The van der Waals surface area contributed by atoms with Crippen LogP contribution in [0.4, 0.5) is 0 Å². The molecule has 4 nitrogen and oxygen atoms in total. The zero-order valence-electron chi connectivity index (χ0n) is 10.6. The van der Waals surface area contributed by atoms with E-state index in [1.165, 1.54) is 0 Å². The van der Waals surface area contributed by atoms with Gasteiger partial charge in [-0.05, 0) is 13.3 Å². The number of rotatable bonds is 4. The molecule has 1 aromatic heterocycles. The summed E-state index contributed by atoms with van der Waals surface area (Å²) in [7, 11) is 0. The van der Waals surface area contributed by atoms with E-state index in [2.05, 4.69) is 36.1 Å². The molecule has 1 N–H and O–H groups in total. The summed E-state index contributed by atoms with van der Waals surface area (Å²) in [4.78, 5) is 8.69. The quantitative estimate of drug-likeness (QED) is 0.896. The van der Waals surface area contributed by atoms with Gasteiger partial charge >= 0.3 is 0 Å². The van der Waals surface area contributed by atoms with E-state index in [9.17, 15) is 0 Å². The summed E-state index contributed by atoms with van der Waals surface area (Å²) in [5, 5.41) is 4.46. The standard InChI is InChI=1S/C12H19N3OS/c1-4-9-6-13-10(16-9)7-14-11-15-12(3,5-2)8-17-11/h6H,4-5,7-8H2,1-3H3,(H,14,15). The number of nitrogens with zero attached hydrogens (tertiary/aromatic N) is 2. The van der Waals surface area contributed by atoms with E-state index < -0.39 is 0 Å². The van der Waals surface area contributed by atoms with Crippen molar-refractivity contribution >= 4 is 16.9 Å². The molecule has 0 amide bonds. The molecule has 17 heavy (non-hydrogen) atoms. The number of oxazole rings is 1. The van der Waals surface area contributed by atoms with Gasteiger partial charge in [0.15, 0.2) is 5.17 Å². The van der Waals surface area contributed by atoms with Crippen molar-refractivity contribution in [1.29, 1.82) is 0 Å². The Morgan fingerprint density at radius 3 is 3.00 bits per heavy atom. The number of aromatic nitrogens is 1. The van der Waals surface area contributed by atoms with Crippen LogP contribution in [0.25, 0.3) is 0 Å². The number of nitrogens with one attached hydrogen (secondary N) is 1. The Morgan fingerprint density at radius 2 is 2.41 bits per heavy atom. The average Bonchev–Trinajstić information content (AvgIpc) is 2.94. The maximum Gasteiger partial charge on any atom is 0.216 e. The lowest BCUT2D eigenvalue weighted by molar-refractivity contribution is 0.456. The van der Waals surface area contributed by atoms with Crippen molar-refractivity contribution < 1.29 is 4.42 Å². The third-order valence-corrected chi connectivity index (χ3v) is 4.31. The summed E-state index contributed by atoms with van der Waals surface area (Å²) in [5.74, 6) is 2.70. The van der Waals surface area contributed by atoms with E-state index in [0.717, 1.165) is 29.5 Å². The SMILES string of the molecule is CCc1cnc(CN=C2NC(C)(CC)CS2)o1. The van der Waals surface area contributed by atoms with Gasteiger partial charge in [0, 0.05) is 17.7 Å². The van der Waals surface area contributed by atoms with E-state index in [0.29, 0.717) is 12.4 Å². The van der Waals surface area contributed by atoms with Gasteiger partial charge in [-0.1, -0.05) is 25.6 Å². The highest BCUT2D eigenvalue weighted by molar-refractivity contribution is 8.14. The van der Waals surface area contributed by atoms with E-state index in [-0.39, 0.29) is 5.54 Å². The monoisotopic (exact) mass is 253 g/mol. The van der Waals surface area contributed by atoms with Crippen LogP contribution < -0.4 is 5.32 Å². The fourth-order valence-electron chi connectivity index (χ4n) is 1.56. The number of aliphatic imine (C=N–C) groups is 1. The second-order valence-corrected chi connectivity index (χ2v) is 5.49. The molecule has 1 unspecified atom stereocenters. The fraction of sp³-hybridized carbons (Fsp3) is 0.667. The maximum absolute atomic E-state index is 5.52. The van der Waals surface area contributed by atoms with Crippen molar-refractivity contribution in [2.45, 2.75) is 45.7 Å². The summed E-state index contributed by atoms with van der Waals surface area (Å²) in [6, 6.07) is 0. The molecule has 1 atom stereocenters. The zero-order valence-corrected chi connectivity index (χ0v) is 11.4. The first kappa shape index (κ1) is 12.5. The van der Waals surface area contributed by atoms with Gasteiger partial charge in [-0.2, -0.15) is 0 Å². The Morgan fingerprint density at radius 1 is 1.59 bits per heavy atom. The lowest BCUT2D eigenvalue weighted by Crippen LogP contribution is -2.39. The molecular formula is C12H19N3OS. The topological polar surface area (TPSA) is 50.4 Å². The second kappa shape index (κ2) is 5.12. The molecule has 0 saturated carbocycles. The second-order valence-electron chi connectivity index (χ2n) is 4.52. The minimum Gasteiger partial charge on any atom is -0.444 e. The van der Waals surface area contributed by atoms with Gasteiger partial charge in [-0.15, -0.1) is 0 Å². The zero-order chi connectivity index (χ0) is 12.3. The van der Waals surface area contributed by atoms with Crippen LogP contribution in [0, 0.1) is 0 Å². The largest absolute Gasteiger partial charge is 0.444 e. The van der Waals surface area contributed by atoms with E-state index in [4.69, 9.17) is 4.42 Å². The third-order valence-electron chi connectivity index (χ3n) is 3.02. The highest BCUT2D eigenvalue weighted by Crippen LogP contribution is 2.25. The summed E-state index contributed by atoms with van der Waals surface area (Å²) in [5.41, 5.74) is 0.189. The normalized spacial score (nSPS) is 26.4. The Labute approximate surface area is 106 Å². The highest BCUT2D eigenvalue weighted by atomic mass is 32.2. The Hall–Kier alpha value is -0.970. The molecule has 0 radical (unpaired) electrons. The van der Waals surface area contributed by atoms with Crippen LogP contribution in [0.15, 0.2) is 15.6 Å². The number of hydrogen-bond donors (Lipinski definition) is 1. The molecule has 2 heterocycles. The maximum atomic E-state index is 5.52. The minimum atomic E-state index is 0.189. The molecular weight excluding hydrogens is 234 g/mol.